The average molecular weight is 331 g/mol. The van der Waals surface area contributed by atoms with Gasteiger partial charge in [-0.15, -0.1) is 0 Å². The van der Waals surface area contributed by atoms with Crippen LogP contribution in [0, 0.1) is 11.7 Å². The van der Waals surface area contributed by atoms with Gasteiger partial charge in [-0.1, -0.05) is 0 Å². The van der Waals surface area contributed by atoms with Gasteiger partial charge >= 0.3 is 0 Å². The van der Waals surface area contributed by atoms with Crippen LogP contribution in [0.2, 0.25) is 0 Å². The molecule has 0 spiro atoms. The summed E-state index contributed by atoms with van der Waals surface area (Å²) < 4.78 is 29.7. The molecule has 2 heterocycles. The lowest BCUT2D eigenvalue weighted by Crippen LogP contribution is -2.28. The Morgan fingerprint density at radius 1 is 1.38 bits per heavy atom. The van der Waals surface area contributed by atoms with Gasteiger partial charge in [0.15, 0.2) is 6.79 Å². The van der Waals surface area contributed by atoms with E-state index in [1.165, 1.54) is 12.1 Å². The lowest BCUT2D eigenvalue weighted by molar-refractivity contribution is -0.122. The zero-order valence-electron chi connectivity index (χ0n) is 13.1. The molecule has 1 aromatic heterocycles. The van der Waals surface area contributed by atoms with Gasteiger partial charge in [-0.05, 0) is 42.7 Å². The first-order valence-corrected chi connectivity index (χ1v) is 8.05. The number of rotatable bonds is 5. The molecule has 126 valence electrons. The average Bonchev–Trinajstić information content (AvgIpc) is 3.20. The molecule has 1 saturated carbocycles. The molecule has 1 aromatic carbocycles. The van der Waals surface area contributed by atoms with E-state index in [2.05, 4.69) is 5.32 Å². The van der Waals surface area contributed by atoms with Crippen LogP contribution >= 0.6 is 0 Å². The lowest BCUT2D eigenvalue weighted by atomic mass is 10.1. The van der Waals surface area contributed by atoms with Crippen LogP contribution in [-0.2, 0) is 22.6 Å². The quantitative estimate of drug-likeness (QED) is 0.915. The molecule has 2 aromatic rings. The molecule has 2 aliphatic rings. The number of furan rings is 1. The molecule has 0 radical (unpaired) electrons. The summed E-state index contributed by atoms with van der Waals surface area (Å²) in [6.45, 7) is 0.963. The van der Waals surface area contributed by atoms with E-state index >= 15 is 0 Å². The first-order chi connectivity index (χ1) is 11.7. The highest BCUT2D eigenvalue weighted by molar-refractivity contribution is 5.82. The monoisotopic (exact) mass is 331 g/mol. The summed E-state index contributed by atoms with van der Waals surface area (Å²) in [6, 6.07) is 6.61. The van der Waals surface area contributed by atoms with E-state index in [0.717, 1.165) is 17.7 Å². The Morgan fingerprint density at radius 2 is 2.29 bits per heavy atom. The summed E-state index contributed by atoms with van der Waals surface area (Å²) in [5, 5.41) is 2.92. The number of amides is 1. The van der Waals surface area contributed by atoms with Crippen LogP contribution < -0.4 is 10.1 Å². The van der Waals surface area contributed by atoms with E-state index in [0.29, 0.717) is 30.9 Å². The van der Waals surface area contributed by atoms with Gasteiger partial charge in [0.05, 0.1) is 12.9 Å². The Hall–Kier alpha value is -2.34. The molecule has 0 saturated heterocycles. The Bertz CT molecular complexity index is 744. The van der Waals surface area contributed by atoms with Crippen molar-refractivity contribution < 1.29 is 23.1 Å². The molecule has 4 rings (SSSR count). The van der Waals surface area contributed by atoms with Crippen molar-refractivity contribution in [3.05, 3.63) is 53.2 Å². The molecule has 1 fully saturated rings. The van der Waals surface area contributed by atoms with Crippen LogP contribution in [0.15, 0.2) is 34.9 Å². The van der Waals surface area contributed by atoms with E-state index in [4.69, 9.17) is 13.9 Å². The van der Waals surface area contributed by atoms with Gasteiger partial charge in [0.2, 0.25) is 5.91 Å². The highest BCUT2D eigenvalue weighted by Crippen LogP contribution is 2.47. The first kappa shape index (κ1) is 15.2. The number of fused-ring (bicyclic) bond motifs is 1. The largest absolute Gasteiger partial charge is 0.469 e. The van der Waals surface area contributed by atoms with Gasteiger partial charge in [0, 0.05) is 23.9 Å². The molecule has 1 aliphatic carbocycles. The molecular formula is C18H18FNO4. The van der Waals surface area contributed by atoms with Gasteiger partial charge in [-0.2, -0.15) is 0 Å². The van der Waals surface area contributed by atoms with Crippen molar-refractivity contribution in [2.24, 2.45) is 5.92 Å². The first-order valence-electron chi connectivity index (χ1n) is 8.05. The zero-order chi connectivity index (χ0) is 16.5. The van der Waals surface area contributed by atoms with E-state index in [1.807, 2.05) is 12.1 Å². The minimum atomic E-state index is -0.316. The third kappa shape index (κ3) is 3.01. The lowest BCUT2D eigenvalue weighted by Gasteiger charge is -2.21. The van der Waals surface area contributed by atoms with Crippen LogP contribution in [0.3, 0.4) is 0 Å². The van der Waals surface area contributed by atoms with E-state index in [9.17, 15) is 9.18 Å². The topological polar surface area (TPSA) is 60.7 Å². The Morgan fingerprint density at radius 3 is 3.12 bits per heavy atom. The number of hydrogen-bond acceptors (Lipinski definition) is 4. The summed E-state index contributed by atoms with van der Waals surface area (Å²) in [4.78, 5) is 12.2. The van der Waals surface area contributed by atoms with Crippen molar-refractivity contribution in [2.75, 3.05) is 13.3 Å². The summed E-state index contributed by atoms with van der Waals surface area (Å²) in [5.41, 5.74) is 1.47. The Labute approximate surface area is 138 Å². The number of halogens is 1. The molecule has 1 aliphatic heterocycles. The predicted molar refractivity (Wildman–Crippen MR) is 83.0 cm³/mol. The molecule has 1 amide bonds. The molecule has 0 bridgehead atoms. The van der Waals surface area contributed by atoms with Crippen LogP contribution in [-0.4, -0.2) is 19.2 Å². The molecule has 0 unspecified atom stereocenters. The van der Waals surface area contributed by atoms with Crippen LogP contribution in [0.5, 0.6) is 5.75 Å². The Balaban J connectivity index is 1.33. The third-order valence-electron chi connectivity index (χ3n) is 4.48. The zero-order valence-corrected chi connectivity index (χ0v) is 13.1. The number of hydrogen-bond donors (Lipinski definition) is 1. The smallest absolute Gasteiger partial charge is 0.223 e. The number of carbonyl (C=O) groups excluding carboxylic acids is 1. The van der Waals surface area contributed by atoms with Gasteiger partial charge in [-0.25, -0.2) is 4.39 Å². The van der Waals surface area contributed by atoms with Crippen LogP contribution in [0.25, 0.3) is 0 Å². The molecule has 5 nitrogen and oxygen atoms in total. The maximum Gasteiger partial charge on any atom is 0.223 e. The van der Waals surface area contributed by atoms with Crippen LogP contribution in [0.4, 0.5) is 4.39 Å². The number of carbonyl (C=O) groups is 1. The van der Waals surface area contributed by atoms with Gasteiger partial charge in [0.1, 0.15) is 17.3 Å². The molecule has 24 heavy (non-hydrogen) atoms. The number of ether oxygens (including phenoxy) is 2. The summed E-state index contributed by atoms with van der Waals surface area (Å²) in [5.74, 6) is 1.40. The van der Waals surface area contributed by atoms with E-state index in [1.54, 1.807) is 6.26 Å². The van der Waals surface area contributed by atoms with Crippen molar-refractivity contribution in [1.29, 1.82) is 0 Å². The fourth-order valence-electron chi connectivity index (χ4n) is 3.20. The maximum absolute atomic E-state index is 13.7. The normalized spacial score (nSPS) is 21.7. The summed E-state index contributed by atoms with van der Waals surface area (Å²) >= 11 is 0. The third-order valence-corrected chi connectivity index (χ3v) is 4.48. The minimum absolute atomic E-state index is 0.0194. The molecule has 6 heteroatoms. The molecular weight excluding hydrogens is 313 g/mol. The standard InChI is InChI=1S/C18H18FNO4/c19-13-6-11(17-12(7-13)9-22-10-24-17)3-4-20-18(21)15-8-14(15)16-2-1-5-23-16/h1-2,5-7,14-15H,3-4,8-10H2,(H,20,21)/t14-,15+/m1/s1. The fourth-order valence-corrected chi connectivity index (χ4v) is 3.20. The van der Waals surface area contributed by atoms with Crippen molar-refractivity contribution in [2.45, 2.75) is 25.4 Å². The second-order valence-electron chi connectivity index (χ2n) is 6.17. The fraction of sp³-hybridized carbons (Fsp3) is 0.389. The second kappa shape index (κ2) is 6.28. The SMILES string of the molecule is O=C(NCCc1cc(F)cc2c1OCOC2)[C@H]1C[C@H]1c1ccco1. The summed E-state index contributed by atoms with van der Waals surface area (Å²) in [6.07, 6.45) is 2.96. The summed E-state index contributed by atoms with van der Waals surface area (Å²) in [7, 11) is 0. The predicted octanol–water partition coefficient (Wildman–Crippen LogP) is 2.75. The molecule has 1 N–H and O–H groups in total. The number of nitrogens with one attached hydrogen (secondary N) is 1. The highest BCUT2D eigenvalue weighted by Gasteiger charge is 2.45. The van der Waals surface area contributed by atoms with Gasteiger partial charge < -0.3 is 19.2 Å². The molecule has 2 atom stereocenters. The van der Waals surface area contributed by atoms with Crippen molar-refractivity contribution >= 4 is 5.91 Å². The second-order valence-corrected chi connectivity index (χ2v) is 6.17. The van der Waals surface area contributed by atoms with Crippen LogP contribution in [0.1, 0.15) is 29.2 Å². The highest BCUT2D eigenvalue weighted by atomic mass is 19.1. The maximum atomic E-state index is 13.7. The van der Waals surface area contributed by atoms with Gasteiger partial charge in [0.25, 0.3) is 0 Å². The minimum Gasteiger partial charge on any atom is -0.469 e. The Kier molecular flexibility index (Phi) is 3.98. The van der Waals surface area contributed by atoms with E-state index < -0.39 is 0 Å². The van der Waals surface area contributed by atoms with Gasteiger partial charge in [-0.3, -0.25) is 4.79 Å². The van der Waals surface area contributed by atoms with Crippen molar-refractivity contribution in [3.8, 4) is 5.75 Å². The van der Waals surface area contributed by atoms with Crippen molar-refractivity contribution in [3.63, 3.8) is 0 Å². The van der Waals surface area contributed by atoms with E-state index in [-0.39, 0.29) is 30.4 Å². The van der Waals surface area contributed by atoms with Crippen molar-refractivity contribution in [1.82, 2.24) is 5.32 Å². The number of benzene rings is 1.